The number of carboxylic acid groups (broad SMARTS) is 2. The van der Waals surface area contributed by atoms with Gasteiger partial charge in [0.1, 0.15) is 0 Å². The molecule has 3 N–H and O–H groups in total. The van der Waals surface area contributed by atoms with Crippen LogP contribution in [0.25, 0.3) is 0 Å². The third-order valence-electron chi connectivity index (χ3n) is 2.52. The zero-order valence-electron chi connectivity index (χ0n) is 12.3. The molecule has 0 spiro atoms. The number of aliphatic carboxylic acids is 2. The van der Waals surface area contributed by atoms with Crippen LogP contribution in [0.4, 0.5) is 26.3 Å². The van der Waals surface area contributed by atoms with Crippen LogP contribution in [-0.4, -0.2) is 72.6 Å². The molecule has 1 rings (SSSR count). The van der Waals surface area contributed by atoms with Crippen LogP contribution in [0.5, 0.6) is 0 Å². The summed E-state index contributed by atoms with van der Waals surface area (Å²) >= 11 is 0. The Balaban J connectivity index is 0. The summed E-state index contributed by atoms with van der Waals surface area (Å²) in [6.45, 7) is 2.39. The van der Waals surface area contributed by atoms with Crippen molar-refractivity contribution in [2.45, 2.75) is 31.2 Å². The topological polar surface area (TPSA) is 89.9 Å². The van der Waals surface area contributed by atoms with Crippen molar-refractivity contribution in [3.63, 3.8) is 0 Å². The number of nitrogens with zero attached hydrogens (tertiary/aromatic N) is 1. The molecule has 0 bridgehead atoms. The van der Waals surface area contributed by atoms with Gasteiger partial charge in [-0.3, -0.25) is 0 Å². The quantitative estimate of drug-likeness (QED) is 0.618. The van der Waals surface area contributed by atoms with E-state index in [0.29, 0.717) is 0 Å². The third kappa shape index (κ3) is 13.8. The number of rotatable bonds is 1. The Kier molecular flexibility index (Phi) is 10.6. The monoisotopic (exact) mass is 356 g/mol. The van der Waals surface area contributed by atoms with Crippen molar-refractivity contribution >= 4 is 11.9 Å². The molecule has 1 fully saturated rings. The molecule has 0 aromatic carbocycles. The van der Waals surface area contributed by atoms with Crippen molar-refractivity contribution < 1.29 is 46.1 Å². The van der Waals surface area contributed by atoms with Gasteiger partial charge in [-0.05, 0) is 40.0 Å². The Morgan fingerprint density at radius 1 is 0.913 bits per heavy atom. The first-order valence-corrected chi connectivity index (χ1v) is 6.17. The third-order valence-corrected chi connectivity index (χ3v) is 2.52. The number of alkyl halides is 6. The van der Waals surface area contributed by atoms with Gasteiger partial charge in [0, 0.05) is 6.04 Å². The first-order chi connectivity index (χ1) is 10.2. The van der Waals surface area contributed by atoms with E-state index in [4.69, 9.17) is 19.8 Å². The Morgan fingerprint density at radius 2 is 1.17 bits per heavy atom. The Labute approximate surface area is 128 Å². The Hall–Kier alpha value is -1.56. The fraction of sp³-hybridized carbons (Fsp3) is 0.818. The normalized spacial score (nSPS) is 15.9. The van der Waals surface area contributed by atoms with Gasteiger partial charge in [0.15, 0.2) is 0 Å². The molecule has 0 aromatic heterocycles. The lowest BCUT2D eigenvalue weighted by Crippen LogP contribution is -2.39. The molecule has 1 heterocycles. The van der Waals surface area contributed by atoms with Gasteiger partial charge in [-0.2, -0.15) is 26.3 Å². The molecule has 23 heavy (non-hydrogen) atoms. The number of hydrogen-bond donors (Lipinski definition) is 3. The largest absolute Gasteiger partial charge is 0.490 e. The van der Waals surface area contributed by atoms with E-state index < -0.39 is 24.3 Å². The van der Waals surface area contributed by atoms with E-state index in [2.05, 4.69) is 24.3 Å². The maximum atomic E-state index is 10.6. The second-order valence-corrected chi connectivity index (χ2v) is 4.55. The maximum absolute atomic E-state index is 10.6. The summed E-state index contributed by atoms with van der Waals surface area (Å²) in [5.41, 5.74) is 0. The molecular formula is C11H18F6N2O4. The lowest BCUT2D eigenvalue weighted by molar-refractivity contribution is -0.193. The van der Waals surface area contributed by atoms with Crippen molar-refractivity contribution in [1.29, 1.82) is 0 Å². The number of nitrogens with one attached hydrogen (secondary N) is 1. The van der Waals surface area contributed by atoms with Gasteiger partial charge in [-0.25, -0.2) is 9.59 Å². The summed E-state index contributed by atoms with van der Waals surface area (Å²) in [5.74, 6) is -5.51. The zero-order chi connectivity index (χ0) is 18.8. The lowest BCUT2D eigenvalue weighted by Gasteiger charge is -2.28. The molecule has 0 amide bonds. The molecular weight excluding hydrogens is 338 g/mol. The molecule has 1 aliphatic heterocycles. The van der Waals surface area contributed by atoms with E-state index in [1.54, 1.807) is 0 Å². The number of hydrogen-bond acceptors (Lipinski definition) is 4. The molecule has 0 saturated carbocycles. The van der Waals surface area contributed by atoms with Gasteiger partial charge in [-0.1, -0.05) is 0 Å². The molecule has 1 saturated heterocycles. The first kappa shape index (κ1) is 23.7. The van der Waals surface area contributed by atoms with E-state index in [9.17, 15) is 26.3 Å². The highest BCUT2D eigenvalue weighted by molar-refractivity contribution is 5.73. The summed E-state index contributed by atoms with van der Waals surface area (Å²) in [4.78, 5) is 20.1. The number of carbonyl (C=O) groups is 2. The highest BCUT2D eigenvalue weighted by Crippen LogP contribution is 2.13. The number of halogens is 6. The maximum Gasteiger partial charge on any atom is 0.490 e. The molecule has 1 aliphatic rings. The summed E-state index contributed by atoms with van der Waals surface area (Å²) in [6.07, 6.45) is -7.54. The predicted octanol–water partition coefficient (Wildman–Crippen LogP) is 1.57. The zero-order valence-corrected chi connectivity index (χ0v) is 12.3. The van der Waals surface area contributed by atoms with E-state index in [-0.39, 0.29) is 0 Å². The second kappa shape index (κ2) is 10.3. The van der Waals surface area contributed by atoms with E-state index in [1.165, 1.54) is 25.9 Å². The molecule has 0 unspecified atom stereocenters. The molecule has 6 nitrogen and oxygen atoms in total. The Morgan fingerprint density at radius 3 is 1.30 bits per heavy atom. The molecule has 0 radical (unpaired) electrons. The SMILES string of the molecule is CN(C)C1CCNCC1.O=C(O)C(F)(F)F.O=C(O)C(F)(F)F. The molecule has 12 heteroatoms. The first-order valence-electron chi connectivity index (χ1n) is 6.17. The average molecular weight is 356 g/mol. The van der Waals surface area contributed by atoms with Gasteiger partial charge < -0.3 is 20.4 Å². The van der Waals surface area contributed by atoms with Crippen molar-refractivity contribution in [2.24, 2.45) is 0 Å². The fourth-order valence-corrected chi connectivity index (χ4v) is 1.32. The van der Waals surface area contributed by atoms with Gasteiger partial charge in [0.2, 0.25) is 0 Å². The van der Waals surface area contributed by atoms with Crippen LogP contribution in [0.3, 0.4) is 0 Å². The lowest BCUT2D eigenvalue weighted by atomic mass is 10.1. The van der Waals surface area contributed by atoms with E-state index >= 15 is 0 Å². The fourth-order valence-electron chi connectivity index (χ4n) is 1.32. The summed E-state index contributed by atoms with van der Waals surface area (Å²) in [7, 11) is 4.33. The molecule has 138 valence electrons. The van der Waals surface area contributed by atoms with Crippen LogP contribution in [-0.2, 0) is 9.59 Å². The number of piperidine rings is 1. The molecule has 0 atom stereocenters. The minimum atomic E-state index is -5.08. The molecule has 0 aromatic rings. The van der Waals surface area contributed by atoms with Crippen LogP contribution in [0.15, 0.2) is 0 Å². The van der Waals surface area contributed by atoms with Crippen LogP contribution >= 0.6 is 0 Å². The van der Waals surface area contributed by atoms with Crippen molar-refractivity contribution in [3.8, 4) is 0 Å². The van der Waals surface area contributed by atoms with Crippen molar-refractivity contribution in [3.05, 3.63) is 0 Å². The standard InChI is InChI=1S/C7H16N2.2C2HF3O2/c1-9(2)7-3-5-8-6-4-7;2*3-2(4,5)1(6)7/h7-8H,3-6H2,1-2H3;2*(H,6,7). The predicted molar refractivity (Wildman–Crippen MR) is 67.0 cm³/mol. The van der Waals surface area contributed by atoms with Crippen LogP contribution in [0.2, 0.25) is 0 Å². The minimum absolute atomic E-state index is 0.825. The van der Waals surface area contributed by atoms with E-state index in [0.717, 1.165) is 6.04 Å². The molecule has 0 aliphatic carbocycles. The smallest absolute Gasteiger partial charge is 0.475 e. The van der Waals surface area contributed by atoms with Gasteiger partial charge in [0.05, 0.1) is 0 Å². The summed E-state index contributed by atoms with van der Waals surface area (Å²) < 4.78 is 63.5. The van der Waals surface area contributed by atoms with Crippen molar-refractivity contribution in [1.82, 2.24) is 10.2 Å². The minimum Gasteiger partial charge on any atom is -0.475 e. The summed E-state index contributed by atoms with van der Waals surface area (Å²) in [6, 6.07) is 0.825. The van der Waals surface area contributed by atoms with Gasteiger partial charge >= 0.3 is 24.3 Å². The average Bonchev–Trinajstić information content (AvgIpc) is 2.38. The van der Waals surface area contributed by atoms with Crippen LogP contribution in [0.1, 0.15) is 12.8 Å². The van der Waals surface area contributed by atoms with Gasteiger partial charge in [-0.15, -0.1) is 0 Å². The number of carboxylic acids is 2. The second-order valence-electron chi connectivity index (χ2n) is 4.55. The summed E-state index contributed by atoms with van der Waals surface area (Å²) in [5, 5.41) is 17.6. The highest BCUT2D eigenvalue weighted by Gasteiger charge is 2.38. The van der Waals surface area contributed by atoms with Gasteiger partial charge in [0.25, 0.3) is 0 Å². The Bertz CT molecular complexity index is 341. The van der Waals surface area contributed by atoms with Crippen molar-refractivity contribution in [2.75, 3.05) is 27.2 Å². The van der Waals surface area contributed by atoms with Crippen LogP contribution in [0, 0.1) is 0 Å². The van der Waals surface area contributed by atoms with E-state index in [1.807, 2.05) is 0 Å². The van der Waals surface area contributed by atoms with Crippen LogP contribution < -0.4 is 5.32 Å². The highest BCUT2D eigenvalue weighted by atomic mass is 19.4.